The number of esters is 1. The van der Waals surface area contributed by atoms with E-state index in [1.54, 1.807) is 13.2 Å². The molecule has 1 N–H and O–H groups in total. The van der Waals surface area contributed by atoms with Crippen LogP contribution in [0.25, 0.3) is 21.9 Å². The van der Waals surface area contributed by atoms with Crippen molar-refractivity contribution in [3.63, 3.8) is 0 Å². The van der Waals surface area contributed by atoms with E-state index in [2.05, 4.69) is 10.1 Å². The van der Waals surface area contributed by atoms with Gasteiger partial charge in [-0.1, -0.05) is 0 Å². The van der Waals surface area contributed by atoms with Gasteiger partial charge in [-0.3, -0.25) is 4.79 Å². The Bertz CT molecular complexity index is 1140. The minimum Gasteiger partial charge on any atom is -0.467 e. The molecule has 1 aromatic carbocycles. The first-order valence-electron chi connectivity index (χ1n) is 9.05. The number of methoxy groups -OCH3 is 1. The lowest BCUT2D eigenvalue weighted by molar-refractivity contribution is -0.144. The minimum atomic E-state index is -0.744. The lowest BCUT2D eigenvalue weighted by Crippen LogP contribution is -2.39. The van der Waals surface area contributed by atoms with E-state index in [-0.39, 0.29) is 18.7 Å². The van der Waals surface area contributed by atoms with Crippen molar-refractivity contribution in [3.05, 3.63) is 45.0 Å². The fourth-order valence-electron chi connectivity index (χ4n) is 3.40. The van der Waals surface area contributed by atoms with Gasteiger partial charge in [0.25, 0.3) is 0 Å². The topological polar surface area (TPSA) is 98.8 Å². The van der Waals surface area contributed by atoms with Gasteiger partial charge in [-0.2, -0.15) is 0 Å². The average molecular weight is 385 g/mol. The first kappa shape index (κ1) is 19.7. The van der Waals surface area contributed by atoms with Crippen LogP contribution in [0.1, 0.15) is 35.6 Å². The van der Waals surface area contributed by atoms with Crippen LogP contribution >= 0.6 is 0 Å². The van der Waals surface area contributed by atoms with Crippen molar-refractivity contribution >= 4 is 33.8 Å². The zero-order valence-electron chi connectivity index (χ0n) is 16.6. The predicted molar refractivity (Wildman–Crippen MR) is 104 cm³/mol. The van der Waals surface area contributed by atoms with E-state index in [0.717, 1.165) is 27.5 Å². The number of nitrogens with one attached hydrogen (secondary N) is 1. The molecular weight excluding hydrogens is 362 g/mol. The summed E-state index contributed by atoms with van der Waals surface area (Å²) in [5.74, 6) is -0.862. The van der Waals surface area contributed by atoms with Gasteiger partial charge in [0.1, 0.15) is 17.2 Å². The molecule has 0 aliphatic rings. The standard InChI is InChI=1S/C21H23NO6/c1-10-9-27-18-12(3)19-16(8-15(10)18)11(2)14(21(25)28-19)6-7-17(23)22-13(4)20(24)26-5/h8-9,13H,6-7H2,1-5H3,(H,22,23)/t13-/m0/s1. The third-order valence-corrected chi connectivity index (χ3v) is 5.07. The van der Waals surface area contributed by atoms with Crippen molar-refractivity contribution in [3.8, 4) is 0 Å². The quantitative estimate of drug-likeness (QED) is 0.535. The highest BCUT2D eigenvalue weighted by molar-refractivity contribution is 5.99. The minimum absolute atomic E-state index is 0.0599. The van der Waals surface area contributed by atoms with Crippen LogP contribution in [0.15, 0.2) is 26.0 Å². The summed E-state index contributed by atoms with van der Waals surface area (Å²) < 4.78 is 15.7. The smallest absolute Gasteiger partial charge is 0.339 e. The Morgan fingerprint density at radius 1 is 1.14 bits per heavy atom. The first-order chi connectivity index (χ1) is 13.2. The summed E-state index contributed by atoms with van der Waals surface area (Å²) in [5, 5.41) is 4.35. The molecule has 0 bridgehead atoms. The van der Waals surface area contributed by atoms with Gasteiger partial charge in [0.2, 0.25) is 5.91 Å². The molecule has 1 atom stereocenters. The summed E-state index contributed by atoms with van der Waals surface area (Å²) in [4.78, 5) is 36.1. The van der Waals surface area contributed by atoms with Crippen molar-refractivity contribution in [2.75, 3.05) is 7.11 Å². The summed E-state index contributed by atoms with van der Waals surface area (Å²) >= 11 is 0. The summed E-state index contributed by atoms with van der Waals surface area (Å²) in [5.41, 5.74) is 3.75. The molecule has 0 radical (unpaired) electrons. The second kappa shape index (κ2) is 7.50. The maximum atomic E-state index is 12.5. The van der Waals surface area contributed by atoms with E-state index in [1.807, 2.05) is 26.8 Å². The van der Waals surface area contributed by atoms with Gasteiger partial charge < -0.3 is 18.9 Å². The summed E-state index contributed by atoms with van der Waals surface area (Å²) in [6, 6.07) is 1.21. The molecule has 0 fully saturated rings. The molecule has 0 aliphatic carbocycles. The molecule has 28 heavy (non-hydrogen) atoms. The maximum Gasteiger partial charge on any atom is 0.339 e. The molecule has 0 spiro atoms. The number of rotatable bonds is 5. The number of benzene rings is 1. The van der Waals surface area contributed by atoms with Gasteiger partial charge in [-0.15, -0.1) is 0 Å². The van der Waals surface area contributed by atoms with E-state index in [4.69, 9.17) is 8.83 Å². The van der Waals surface area contributed by atoms with Crippen LogP contribution in [0.5, 0.6) is 0 Å². The Balaban J connectivity index is 1.93. The Labute approximate surface area is 161 Å². The lowest BCUT2D eigenvalue weighted by Gasteiger charge is -2.12. The molecule has 0 saturated carbocycles. The van der Waals surface area contributed by atoms with Gasteiger partial charge >= 0.3 is 11.6 Å². The number of carbonyl (C=O) groups excluding carboxylic acids is 2. The van der Waals surface area contributed by atoms with Crippen molar-refractivity contribution in [2.24, 2.45) is 0 Å². The second-order valence-electron chi connectivity index (χ2n) is 6.98. The fourth-order valence-corrected chi connectivity index (χ4v) is 3.40. The third-order valence-electron chi connectivity index (χ3n) is 5.07. The molecule has 2 heterocycles. The van der Waals surface area contributed by atoms with E-state index < -0.39 is 17.6 Å². The van der Waals surface area contributed by atoms with Gasteiger partial charge in [0.15, 0.2) is 0 Å². The van der Waals surface area contributed by atoms with Crippen molar-refractivity contribution in [2.45, 2.75) is 46.6 Å². The highest BCUT2D eigenvalue weighted by atomic mass is 16.5. The molecule has 3 aromatic rings. The molecule has 7 nitrogen and oxygen atoms in total. The lowest BCUT2D eigenvalue weighted by atomic mass is 9.98. The molecule has 0 unspecified atom stereocenters. The molecule has 1 amide bonds. The largest absolute Gasteiger partial charge is 0.467 e. The number of aryl methyl sites for hydroxylation is 3. The summed E-state index contributed by atoms with van der Waals surface area (Å²) in [6.45, 7) is 7.21. The van der Waals surface area contributed by atoms with E-state index >= 15 is 0 Å². The van der Waals surface area contributed by atoms with Gasteiger partial charge in [0.05, 0.1) is 13.4 Å². The Morgan fingerprint density at radius 2 is 1.86 bits per heavy atom. The van der Waals surface area contributed by atoms with Gasteiger partial charge in [-0.25, -0.2) is 9.59 Å². The van der Waals surface area contributed by atoms with Crippen LogP contribution in [-0.4, -0.2) is 25.0 Å². The average Bonchev–Trinajstić information content (AvgIpc) is 3.03. The number of hydrogen-bond acceptors (Lipinski definition) is 6. The monoisotopic (exact) mass is 385 g/mol. The molecule has 2 aromatic heterocycles. The second-order valence-corrected chi connectivity index (χ2v) is 6.98. The number of carbonyl (C=O) groups is 2. The SMILES string of the molecule is COC(=O)[C@H](C)NC(=O)CCc1c(C)c2cc3c(C)coc3c(C)c2oc1=O. The first-order valence-corrected chi connectivity index (χ1v) is 9.05. The summed E-state index contributed by atoms with van der Waals surface area (Å²) in [7, 11) is 1.26. The highest BCUT2D eigenvalue weighted by Crippen LogP contribution is 2.32. The molecular formula is C21H23NO6. The van der Waals surface area contributed by atoms with Crippen LogP contribution in [0.3, 0.4) is 0 Å². The van der Waals surface area contributed by atoms with Crippen LogP contribution in [0.2, 0.25) is 0 Å². The number of furan rings is 1. The van der Waals surface area contributed by atoms with Crippen LogP contribution in [0, 0.1) is 20.8 Å². The van der Waals surface area contributed by atoms with Crippen molar-refractivity contribution < 1.29 is 23.2 Å². The van der Waals surface area contributed by atoms with Gasteiger partial charge in [0, 0.05) is 28.3 Å². The van der Waals surface area contributed by atoms with Gasteiger partial charge in [-0.05, 0) is 51.3 Å². The molecule has 0 aliphatic heterocycles. The third kappa shape index (κ3) is 3.40. The van der Waals surface area contributed by atoms with E-state index in [0.29, 0.717) is 16.7 Å². The Hall–Kier alpha value is -3.09. The number of fused-ring (bicyclic) bond motifs is 2. The molecule has 3 rings (SSSR count). The number of amides is 1. The number of hydrogen-bond donors (Lipinski definition) is 1. The van der Waals surface area contributed by atoms with E-state index in [9.17, 15) is 14.4 Å². The van der Waals surface area contributed by atoms with Crippen LogP contribution in [0.4, 0.5) is 0 Å². The normalized spacial score (nSPS) is 12.3. The summed E-state index contributed by atoms with van der Waals surface area (Å²) in [6.07, 6.45) is 1.95. The van der Waals surface area contributed by atoms with Crippen LogP contribution in [-0.2, 0) is 20.7 Å². The zero-order valence-corrected chi connectivity index (χ0v) is 16.6. The Kier molecular flexibility index (Phi) is 5.27. The van der Waals surface area contributed by atoms with Crippen LogP contribution < -0.4 is 10.9 Å². The number of ether oxygens (including phenoxy) is 1. The molecule has 0 saturated heterocycles. The fraction of sp³-hybridized carbons (Fsp3) is 0.381. The molecule has 148 valence electrons. The maximum absolute atomic E-state index is 12.5. The van der Waals surface area contributed by atoms with Crippen molar-refractivity contribution in [1.29, 1.82) is 0 Å². The predicted octanol–water partition coefficient (Wildman–Crippen LogP) is 3.07. The molecule has 7 heteroatoms. The Morgan fingerprint density at radius 3 is 2.54 bits per heavy atom. The van der Waals surface area contributed by atoms with E-state index in [1.165, 1.54) is 7.11 Å². The zero-order chi connectivity index (χ0) is 20.6. The van der Waals surface area contributed by atoms with Crippen molar-refractivity contribution in [1.82, 2.24) is 5.32 Å². The highest BCUT2D eigenvalue weighted by Gasteiger charge is 2.19.